The number of nitrogens with zero attached hydrogens (tertiary/aromatic N) is 6. The van der Waals surface area contributed by atoms with Crippen molar-refractivity contribution >= 4 is 23.2 Å². The van der Waals surface area contributed by atoms with Crippen LogP contribution in [0.25, 0.3) is 0 Å². The standard InChI is InChI=1S/C17H22N8O2/c1-6-25-15(17(27)21-13-8-19-24(5)11(13)3)14(9-20-25)22-16(26)12-7-18-23(4)10(12)2/h7-9H,6H2,1-5H3,(H,21,27)(H,22,26). The zero-order valence-electron chi connectivity index (χ0n) is 15.9. The summed E-state index contributed by atoms with van der Waals surface area (Å²) in [6.45, 7) is 6.01. The minimum absolute atomic E-state index is 0.274. The van der Waals surface area contributed by atoms with Crippen LogP contribution in [0.3, 0.4) is 0 Å². The third-order valence-corrected chi connectivity index (χ3v) is 4.57. The molecule has 3 rings (SSSR count). The largest absolute Gasteiger partial charge is 0.318 e. The highest BCUT2D eigenvalue weighted by atomic mass is 16.2. The summed E-state index contributed by atoms with van der Waals surface area (Å²) < 4.78 is 4.82. The molecule has 3 aromatic heterocycles. The van der Waals surface area contributed by atoms with Crippen molar-refractivity contribution in [1.29, 1.82) is 0 Å². The summed E-state index contributed by atoms with van der Waals surface area (Å²) >= 11 is 0. The van der Waals surface area contributed by atoms with Gasteiger partial charge in [-0.05, 0) is 20.8 Å². The van der Waals surface area contributed by atoms with E-state index in [1.54, 1.807) is 36.6 Å². The second-order valence-electron chi connectivity index (χ2n) is 6.17. The Kier molecular flexibility index (Phi) is 4.80. The number of aromatic nitrogens is 6. The minimum atomic E-state index is -0.372. The summed E-state index contributed by atoms with van der Waals surface area (Å²) in [5, 5.41) is 18.0. The molecule has 3 aromatic rings. The van der Waals surface area contributed by atoms with Crippen LogP contribution >= 0.6 is 0 Å². The molecule has 0 unspecified atom stereocenters. The molecule has 0 saturated carbocycles. The first kappa shape index (κ1) is 18.4. The maximum absolute atomic E-state index is 12.8. The van der Waals surface area contributed by atoms with E-state index in [-0.39, 0.29) is 17.5 Å². The van der Waals surface area contributed by atoms with Crippen LogP contribution in [-0.2, 0) is 20.6 Å². The summed E-state index contributed by atoms with van der Waals surface area (Å²) in [5.74, 6) is -0.716. The normalized spacial score (nSPS) is 10.9. The summed E-state index contributed by atoms with van der Waals surface area (Å²) in [7, 11) is 3.56. The van der Waals surface area contributed by atoms with E-state index >= 15 is 0 Å². The average Bonchev–Trinajstić information content (AvgIpc) is 3.29. The number of rotatable bonds is 5. The molecule has 0 saturated heterocycles. The quantitative estimate of drug-likeness (QED) is 0.707. The molecule has 3 heterocycles. The molecule has 0 aliphatic rings. The van der Waals surface area contributed by atoms with Crippen molar-refractivity contribution in [3.05, 3.63) is 41.2 Å². The first-order chi connectivity index (χ1) is 12.8. The van der Waals surface area contributed by atoms with E-state index < -0.39 is 0 Å². The lowest BCUT2D eigenvalue weighted by atomic mass is 10.2. The predicted octanol–water partition coefficient (Wildman–Crippen LogP) is 1.49. The second kappa shape index (κ2) is 7.06. The summed E-state index contributed by atoms with van der Waals surface area (Å²) in [6, 6.07) is 0. The number of nitrogens with one attached hydrogen (secondary N) is 2. The molecule has 0 aliphatic heterocycles. The monoisotopic (exact) mass is 370 g/mol. The van der Waals surface area contributed by atoms with E-state index in [1.807, 2.05) is 13.8 Å². The first-order valence-electron chi connectivity index (χ1n) is 8.49. The predicted molar refractivity (Wildman–Crippen MR) is 99.7 cm³/mol. The molecule has 0 aliphatic carbocycles. The van der Waals surface area contributed by atoms with Crippen molar-refractivity contribution in [1.82, 2.24) is 29.3 Å². The molecule has 10 heteroatoms. The van der Waals surface area contributed by atoms with E-state index in [0.717, 1.165) is 11.4 Å². The fraction of sp³-hybridized carbons (Fsp3) is 0.353. The van der Waals surface area contributed by atoms with Crippen LogP contribution in [0, 0.1) is 13.8 Å². The molecule has 27 heavy (non-hydrogen) atoms. The van der Waals surface area contributed by atoms with Crippen LogP contribution in [0.4, 0.5) is 11.4 Å². The smallest absolute Gasteiger partial charge is 0.276 e. The molecule has 2 amide bonds. The molecular formula is C17H22N8O2. The number of aryl methyl sites for hydroxylation is 3. The van der Waals surface area contributed by atoms with Gasteiger partial charge in [0.2, 0.25) is 0 Å². The maximum Gasteiger partial charge on any atom is 0.276 e. The first-order valence-corrected chi connectivity index (χ1v) is 8.49. The van der Waals surface area contributed by atoms with Gasteiger partial charge in [0.05, 0.1) is 41.2 Å². The van der Waals surface area contributed by atoms with Crippen LogP contribution < -0.4 is 10.6 Å². The van der Waals surface area contributed by atoms with Crippen LogP contribution in [0.15, 0.2) is 18.6 Å². The van der Waals surface area contributed by atoms with E-state index in [9.17, 15) is 9.59 Å². The van der Waals surface area contributed by atoms with Crippen LogP contribution in [0.5, 0.6) is 0 Å². The van der Waals surface area contributed by atoms with Crippen LogP contribution in [0.1, 0.15) is 39.2 Å². The summed E-state index contributed by atoms with van der Waals surface area (Å²) in [4.78, 5) is 25.4. The fourth-order valence-corrected chi connectivity index (χ4v) is 2.67. The number of anilines is 2. The van der Waals surface area contributed by atoms with Crippen molar-refractivity contribution in [3.63, 3.8) is 0 Å². The van der Waals surface area contributed by atoms with Gasteiger partial charge in [0.25, 0.3) is 11.8 Å². The molecule has 142 valence electrons. The number of hydrogen-bond acceptors (Lipinski definition) is 5. The number of carbonyl (C=O) groups is 2. The zero-order valence-corrected chi connectivity index (χ0v) is 15.9. The van der Waals surface area contributed by atoms with Crippen molar-refractivity contribution in [2.45, 2.75) is 27.3 Å². The Morgan fingerprint density at radius 1 is 0.889 bits per heavy atom. The zero-order chi connectivity index (χ0) is 19.7. The maximum atomic E-state index is 12.8. The van der Waals surface area contributed by atoms with Crippen molar-refractivity contribution in [2.75, 3.05) is 10.6 Å². The molecular weight excluding hydrogens is 348 g/mol. The lowest BCUT2D eigenvalue weighted by molar-refractivity contribution is 0.101. The Hall–Kier alpha value is -3.43. The van der Waals surface area contributed by atoms with Crippen molar-refractivity contribution in [2.24, 2.45) is 14.1 Å². The van der Waals surface area contributed by atoms with Crippen molar-refractivity contribution < 1.29 is 9.59 Å². The van der Waals surface area contributed by atoms with Crippen LogP contribution in [-0.4, -0.2) is 41.2 Å². The Labute approximate surface area is 156 Å². The molecule has 0 spiro atoms. The van der Waals surface area contributed by atoms with Crippen LogP contribution in [0.2, 0.25) is 0 Å². The fourth-order valence-electron chi connectivity index (χ4n) is 2.67. The highest BCUT2D eigenvalue weighted by Gasteiger charge is 2.22. The van der Waals surface area contributed by atoms with Gasteiger partial charge >= 0.3 is 0 Å². The lowest BCUT2D eigenvalue weighted by Gasteiger charge is -2.10. The van der Waals surface area contributed by atoms with E-state index in [1.165, 1.54) is 17.1 Å². The van der Waals surface area contributed by atoms with E-state index in [2.05, 4.69) is 25.9 Å². The Bertz CT molecular complexity index is 1010. The summed E-state index contributed by atoms with van der Waals surface area (Å²) in [6.07, 6.45) is 4.54. The van der Waals surface area contributed by atoms with Gasteiger partial charge in [-0.25, -0.2) is 0 Å². The Morgan fingerprint density at radius 3 is 2.04 bits per heavy atom. The second-order valence-corrected chi connectivity index (χ2v) is 6.17. The molecule has 10 nitrogen and oxygen atoms in total. The SMILES string of the molecule is CCn1ncc(NC(=O)c2cnn(C)c2C)c1C(=O)Nc1cnn(C)c1C. The van der Waals surface area contributed by atoms with Gasteiger partial charge in [-0.3, -0.25) is 23.6 Å². The van der Waals surface area contributed by atoms with E-state index in [0.29, 0.717) is 23.5 Å². The van der Waals surface area contributed by atoms with Crippen molar-refractivity contribution in [3.8, 4) is 0 Å². The average molecular weight is 370 g/mol. The number of amides is 2. The summed E-state index contributed by atoms with van der Waals surface area (Å²) in [5.41, 5.74) is 3.21. The van der Waals surface area contributed by atoms with Gasteiger partial charge in [-0.15, -0.1) is 0 Å². The highest BCUT2D eigenvalue weighted by molar-refractivity contribution is 6.11. The molecule has 0 fully saturated rings. The van der Waals surface area contributed by atoms with Gasteiger partial charge in [0, 0.05) is 26.3 Å². The van der Waals surface area contributed by atoms with Gasteiger partial charge in [-0.1, -0.05) is 0 Å². The Balaban J connectivity index is 1.88. The van der Waals surface area contributed by atoms with Gasteiger partial charge in [-0.2, -0.15) is 15.3 Å². The molecule has 0 radical (unpaired) electrons. The molecule has 0 atom stereocenters. The number of hydrogen-bond donors (Lipinski definition) is 2. The van der Waals surface area contributed by atoms with Gasteiger partial charge in [0.15, 0.2) is 0 Å². The molecule has 0 aromatic carbocycles. The molecule has 2 N–H and O–H groups in total. The van der Waals surface area contributed by atoms with Gasteiger partial charge in [0.1, 0.15) is 5.69 Å². The third kappa shape index (κ3) is 3.33. The minimum Gasteiger partial charge on any atom is -0.318 e. The lowest BCUT2D eigenvalue weighted by Crippen LogP contribution is -2.21. The number of carbonyl (C=O) groups excluding carboxylic acids is 2. The highest BCUT2D eigenvalue weighted by Crippen LogP contribution is 2.20. The third-order valence-electron chi connectivity index (χ3n) is 4.57. The Morgan fingerprint density at radius 2 is 1.48 bits per heavy atom. The van der Waals surface area contributed by atoms with Gasteiger partial charge < -0.3 is 10.6 Å². The van der Waals surface area contributed by atoms with E-state index in [4.69, 9.17) is 0 Å². The topological polar surface area (TPSA) is 112 Å². The molecule has 0 bridgehead atoms.